The third-order valence-corrected chi connectivity index (χ3v) is 4.33. The average molecular weight is 310 g/mol. The molecule has 0 aliphatic carbocycles. The van der Waals surface area contributed by atoms with Gasteiger partial charge in [0, 0.05) is 25.8 Å². The zero-order valence-electron chi connectivity index (χ0n) is 12.9. The summed E-state index contributed by atoms with van der Waals surface area (Å²) in [4.78, 5) is 18.8. The van der Waals surface area contributed by atoms with Crippen molar-refractivity contribution in [2.75, 3.05) is 25.0 Å². The van der Waals surface area contributed by atoms with E-state index in [2.05, 4.69) is 24.1 Å². The van der Waals surface area contributed by atoms with Crippen molar-refractivity contribution >= 4 is 23.3 Å². The van der Waals surface area contributed by atoms with Crippen molar-refractivity contribution in [3.05, 3.63) is 22.8 Å². The first-order valence-electron chi connectivity index (χ1n) is 7.84. The molecule has 2 rings (SSSR count). The summed E-state index contributed by atoms with van der Waals surface area (Å²) in [5.41, 5.74) is 0.557. The van der Waals surface area contributed by atoms with Crippen LogP contribution in [-0.2, 0) is 0 Å². The van der Waals surface area contributed by atoms with Gasteiger partial charge in [-0.3, -0.25) is 4.79 Å². The topological polar surface area (TPSA) is 45.2 Å². The van der Waals surface area contributed by atoms with Crippen molar-refractivity contribution in [2.24, 2.45) is 5.92 Å². The number of halogens is 1. The van der Waals surface area contributed by atoms with E-state index in [1.165, 1.54) is 6.42 Å². The van der Waals surface area contributed by atoms with E-state index in [0.717, 1.165) is 38.9 Å². The summed E-state index contributed by atoms with van der Waals surface area (Å²) in [6, 6.07) is 1.77. The lowest BCUT2D eigenvalue weighted by molar-refractivity contribution is 0.0671. The minimum Gasteiger partial charge on any atom is -0.370 e. The number of rotatable bonds is 5. The van der Waals surface area contributed by atoms with Gasteiger partial charge in [0.2, 0.25) is 0 Å². The number of hydrogen-bond donors (Lipinski definition) is 1. The number of nitrogens with zero attached hydrogens (tertiary/aromatic N) is 2. The quantitative estimate of drug-likeness (QED) is 0.899. The Balaban J connectivity index is 2.13. The molecule has 1 aromatic heterocycles. The molecule has 0 radical (unpaired) electrons. The first kappa shape index (κ1) is 16.1. The lowest BCUT2D eigenvalue weighted by Crippen LogP contribution is -2.39. The summed E-state index contributed by atoms with van der Waals surface area (Å²) in [6.07, 6.45) is 5.99. The second-order valence-electron chi connectivity index (χ2n) is 5.64. The Morgan fingerprint density at radius 1 is 1.52 bits per heavy atom. The third kappa shape index (κ3) is 4.10. The molecule has 0 bridgehead atoms. The second-order valence-corrected chi connectivity index (χ2v) is 6.05. The molecule has 1 fully saturated rings. The smallest absolute Gasteiger partial charge is 0.255 e. The van der Waals surface area contributed by atoms with Gasteiger partial charge in [0.05, 0.1) is 10.6 Å². The van der Waals surface area contributed by atoms with Crippen molar-refractivity contribution in [1.82, 2.24) is 9.88 Å². The van der Waals surface area contributed by atoms with Crippen LogP contribution in [0.15, 0.2) is 12.3 Å². The Kier molecular flexibility index (Phi) is 5.85. The number of likely N-dealkylation sites (tertiary alicyclic amines) is 1. The number of aromatic nitrogens is 1. The summed E-state index contributed by atoms with van der Waals surface area (Å²) in [6.45, 7) is 6.78. The Hall–Kier alpha value is -1.29. The fourth-order valence-electron chi connectivity index (χ4n) is 2.71. The van der Waals surface area contributed by atoms with Crippen LogP contribution in [0.25, 0.3) is 0 Å². The maximum atomic E-state index is 12.7. The van der Waals surface area contributed by atoms with Gasteiger partial charge >= 0.3 is 0 Å². The van der Waals surface area contributed by atoms with Gasteiger partial charge in [-0.25, -0.2) is 4.98 Å². The highest BCUT2D eigenvalue weighted by molar-refractivity contribution is 6.33. The zero-order chi connectivity index (χ0) is 15.2. The van der Waals surface area contributed by atoms with Crippen LogP contribution in [-0.4, -0.2) is 35.4 Å². The van der Waals surface area contributed by atoms with Gasteiger partial charge in [0.1, 0.15) is 5.82 Å². The molecule has 4 nitrogen and oxygen atoms in total. The van der Waals surface area contributed by atoms with Crippen molar-refractivity contribution in [1.29, 1.82) is 0 Å². The lowest BCUT2D eigenvalue weighted by Gasteiger charge is -2.32. The number of piperidine rings is 1. The molecular weight excluding hydrogens is 286 g/mol. The van der Waals surface area contributed by atoms with Crippen LogP contribution < -0.4 is 5.32 Å². The minimum absolute atomic E-state index is 0.0279. The van der Waals surface area contributed by atoms with Gasteiger partial charge in [-0.2, -0.15) is 0 Å². The molecule has 0 saturated carbocycles. The number of anilines is 1. The van der Waals surface area contributed by atoms with Crippen LogP contribution in [0.3, 0.4) is 0 Å². The fraction of sp³-hybridized carbons (Fsp3) is 0.625. The average Bonchev–Trinajstić information content (AvgIpc) is 2.53. The predicted molar refractivity (Wildman–Crippen MR) is 86.9 cm³/mol. The molecule has 5 heteroatoms. The van der Waals surface area contributed by atoms with Crippen LogP contribution in [0, 0.1) is 5.92 Å². The van der Waals surface area contributed by atoms with E-state index in [9.17, 15) is 4.79 Å². The summed E-state index contributed by atoms with van der Waals surface area (Å²) < 4.78 is 0. The fourth-order valence-corrected chi connectivity index (χ4v) is 2.89. The number of nitrogens with one attached hydrogen (secondary N) is 1. The van der Waals surface area contributed by atoms with Gasteiger partial charge in [-0.1, -0.05) is 31.9 Å². The zero-order valence-corrected chi connectivity index (χ0v) is 13.6. The molecule has 1 aromatic rings. The van der Waals surface area contributed by atoms with Crippen molar-refractivity contribution in [2.45, 2.75) is 39.5 Å². The number of hydrogen-bond acceptors (Lipinski definition) is 3. The van der Waals surface area contributed by atoms with Crippen LogP contribution in [0.1, 0.15) is 49.9 Å². The maximum absolute atomic E-state index is 12.7. The monoisotopic (exact) mass is 309 g/mol. The Morgan fingerprint density at radius 2 is 2.33 bits per heavy atom. The number of carbonyl (C=O) groups excluding carboxylic acids is 1. The molecule has 1 N–H and O–H groups in total. The van der Waals surface area contributed by atoms with E-state index in [1.807, 2.05) is 4.90 Å². The minimum atomic E-state index is 0.0279. The first-order valence-corrected chi connectivity index (χ1v) is 8.22. The SMILES string of the molecule is CCCNc1cc(C(=O)N2CCCC(CC)C2)c(Cl)cn1. The maximum Gasteiger partial charge on any atom is 0.255 e. The standard InChI is InChI=1S/C16H24ClN3O/c1-3-7-18-15-9-13(14(17)10-19-15)16(21)20-8-5-6-12(4-2)11-20/h9-10,12H,3-8,11H2,1-2H3,(H,18,19). The van der Waals surface area contributed by atoms with E-state index in [-0.39, 0.29) is 5.91 Å². The molecule has 1 atom stereocenters. The highest BCUT2D eigenvalue weighted by Crippen LogP contribution is 2.24. The molecule has 1 unspecified atom stereocenters. The molecule has 1 aliphatic heterocycles. The van der Waals surface area contributed by atoms with Gasteiger partial charge in [0.15, 0.2) is 0 Å². The van der Waals surface area contributed by atoms with Gasteiger partial charge in [0.25, 0.3) is 5.91 Å². The number of pyridine rings is 1. The van der Waals surface area contributed by atoms with Crippen molar-refractivity contribution < 1.29 is 4.79 Å². The van der Waals surface area contributed by atoms with Crippen molar-refractivity contribution in [3.8, 4) is 0 Å². The van der Waals surface area contributed by atoms with Crippen molar-refractivity contribution in [3.63, 3.8) is 0 Å². The Labute approximate surface area is 131 Å². The molecular formula is C16H24ClN3O. The highest BCUT2D eigenvalue weighted by atomic mass is 35.5. The Bertz CT molecular complexity index is 492. The largest absolute Gasteiger partial charge is 0.370 e. The summed E-state index contributed by atoms with van der Waals surface area (Å²) in [5.74, 6) is 1.36. The predicted octanol–water partition coefficient (Wildman–Crippen LogP) is 3.82. The molecule has 1 saturated heterocycles. The third-order valence-electron chi connectivity index (χ3n) is 4.03. The Morgan fingerprint density at radius 3 is 3.05 bits per heavy atom. The lowest BCUT2D eigenvalue weighted by atomic mass is 9.95. The number of amides is 1. The van der Waals surface area contributed by atoms with E-state index in [4.69, 9.17) is 11.6 Å². The number of carbonyl (C=O) groups is 1. The van der Waals surface area contributed by atoms with Gasteiger partial charge in [-0.15, -0.1) is 0 Å². The first-order chi connectivity index (χ1) is 10.2. The van der Waals surface area contributed by atoms with Crippen LogP contribution in [0.2, 0.25) is 5.02 Å². The summed E-state index contributed by atoms with van der Waals surface area (Å²) in [7, 11) is 0. The molecule has 1 aliphatic rings. The van der Waals surface area contributed by atoms with E-state index >= 15 is 0 Å². The van der Waals surface area contributed by atoms with Crippen LogP contribution >= 0.6 is 11.6 Å². The van der Waals surface area contributed by atoms with E-state index in [1.54, 1.807) is 12.3 Å². The van der Waals surface area contributed by atoms with Crippen LogP contribution in [0.4, 0.5) is 5.82 Å². The highest BCUT2D eigenvalue weighted by Gasteiger charge is 2.25. The molecule has 0 aromatic carbocycles. The molecule has 21 heavy (non-hydrogen) atoms. The van der Waals surface area contributed by atoms with E-state index in [0.29, 0.717) is 22.3 Å². The van der Waals surface area contributed by atoms with Crippen LogP contribution in [0.5, 0.6) is 0 Å². The molecule has 116 valence electrons. The van der Waals surface area contributed by atoms with Gasteiger partial charge < -0.3 is 10.2 Å². The van der Waals surface area contributed by atoms with Gasteiger partial charge in [-0.05, 0) is 31.2 Å². The summed E-state index contributed by atoms with van der Waals surface area (Å²) >= 11 is 6.18. The second kappa shape index (κ2) is 7.64. The summed E-state index contributed by atoms with van der Waals surface area (Å²) in [5, 5.41) is 3.63. The molecule has 1 amide bonds. The molecule has 2 heterocycles. The van der Waals surface area contributed by atoms with E-state index < -0.39 is 0 Å². The molecule has 0 spiro atoms. The normalized spacial score (nSPS) is 18.6.